The lowest BCUT2D eigenvalue weighted by atomic mass is 10.1. The van der Waals surface area contributed by atoms with Crippen molar-refractivity contribution in [3.8, 4) is 0 Å². The Morgan fingerprint density at radius 3 is 3.00 bits per heavy atom. The molecule has 0 aliphatic carbocycles. The molecule has 2 aliphatic rings. The Morgan fingerprint density at radius 2 is 2.19 bits per heavy atom. The van der Waals surface area contributed by atoms with Crippen LogP contribution in [0.4, 0.5) is 0 Å². The van der Waals surface area contributed by atoms with Gasteiger partial charge in [0.15, 0.2) is 0 Å². The molecular weight excluding hydrogens is 346 g/mol. The molecule has 0 aromatic carbocycles. The summed E-state index contributed by atoms with van der Waals surface area (Å²) in [6, 6.07) is 5.90. The summed E-state index contributed by atoms with van der Waals surface area (Å²) in [6.45, 7) is 2.14. The summed E-state index contributed by atoms with van der Waals surface area (Å²) in [5, 5.41) is 7.29. The molecule has 27 heavy (non-hydrogen) atoms. The minimum absolute atomic E-state index is 0.0659. The fraction of sp³-hybridized carbons (Fsp3) is 0.526. The van der Waals surface area contributed by atoms with Crippen LogP contribution in [0.3, 0.4) is 0 Å². The molecule has 4 heterocycles. The SMILES string of the molecule is CN(C)C(=O)C[C@H]1CN2C[C@@H](NC(=O)c3ccn4nccc4c3)C[C@H]2CO1. The van der Waals surface area contributed by atoms with E-state index in [4.69, 9.17) is 4.74 Å². The lowest BCUT2D eigenvalue weighted by Crippen LogP contribution is -2.47. The average Bonchev–Trinajstić information content (AvgIpc) is 3.26. The molecule has 2 fully saturated rings. The highest BCUT2D eigenvalue weighted by Gasteiger charge is 2.38. The minimum Gasteiger partial charge on any atom is -0.375 e. The Hall–Kier alpha value is -2.45. The molecule has 0 unspecified atom stereocenters. The van der Waals surface area contributed by atoms with E-state index in [0.29, 0.717) is 24.6 Å². The number of nitrogens with one attached hydrogen (secondary N) is 1. The highest BCUT2D eigenvalue weighted by molar-refractivity contribution is 5.95. The summed E-state index contributed by atoms with van der Waals surface area (Å²) >= 11 is 0. The van der Waals surface area contributed by atoms with Crippen LogP contribution in [-0.2, 0) is 9.53 Å². The molecule has 0 spiro atoms. The number of hydrogen-bond donors (Lipinski definition) is 1. The maximum Gasteiger partial charge on any atom is 0.251 e. The highest BCUT2D eigenvalue weighted by Crippen LogP contribution is 2.25. The Morgan fingerprint density at radius 1 is 1.33 bits per heavy atom. The summed E-state index contributed by atoms with van der Waals surface area (Å²) in [5.41, 5.74) is 1.53. The van der Waals surface area contributed by atoms with Crippen molar-refractivity contribution < 1.29 is 14.3 Å². The highest BCUT2D eigenvalue weighted by atomic mass is 16.5. The number of rotatable bonds is 4. The molecule has 2 saturated heterocycles. The Kier molecular flexibility index (Phi) is 4.84. The topological polar surface area (TPSA) is 79.2 Å². The van der Waals surface area contributed by atoms with Crippen molar-refractivity contribution in [1.29, 1.82) is 0 Å². The van der Waals surface area contributed by atoms with E-state index in [2.05, 4.69) is 15.3 Å². The van der Waals surface area contributed by atoms with Gasteiger partial charge in [-0.2, -0.15) is 5.10 Å². The van der Waals surface area contributed by atoms with Gasteiger partial charge in [0.25, 0.3) is 5.91 Å². The first-order valence-corrected chi connectivity index (χ1v) is 9.29. The first-order chi connectivity index (χ1) is 13.0. The average molecular weight is 371 g/mol. The predicted octanol–water partition coefficient (Wildman–Crippen LogP) is 0.384. The van der Waals surface area contributed by atoms with Gasteiger partial charge in [0.05, 0.1) is 24.6 Å². The number of ether oxygens (including phenoxy) is 1. The van der Waals surface area contributed by atoms with Crippen LogP contribution >= 0.6 is 0 Å². The number of carbonyl (C=O) groups is 2. The van der Waals surface area contributed by atoms with Gasteiger partial charge in [0.2, 0.25) is 5.91 Å². The summed E-state index contributed by atoms with van der Waals surface area (Å²) in [7, 11) is 3.52. The summed E-state index contributed by atoms with van der Waals surface area (Å²) < 4.78 is 7.61. The molecule has 8 heteroatoms. The van der Waals surface area contributed by atoms with Crippen LogP contribution in [0.25, 0.3) is 5.52 Å². The maximum atomic E-state index is 12.6. The monoisotopic (exact) mass is 371 g/mol. The van der Waals surface area contributed by atoms with Crippen LogP contribution in [0.5, 0.6) is 0 Å². The molecule has 0 bridgehead atoms. The van der Waals surface area contributed by atoms with E-state index in [1.165, 1.54) is 0 Å². The fourth-order valence-corrected chi connectivity index (χ4v) is 3.88. The molecule has 4 rings (SSSR count). The van der Waals surface area contributed by atoms with E-state index in [9.17, 15) is 9.59 Å². The lowest BCUT2D eigenvalue weighted by molar-refractivity contribution is -0.134. The summed E-state index contributed by atoms with van der Waals surface area (Å²) in [4.78, 5) is 28.5. The van der Waals surface area contributed by atoms with E-state index < -0.39 is 0 Å². The molecule has 3 atom stereocenters. The molecule has 2 aromatic rings. The maximum absolute atomic E-state index is 12.6. The molecule has 2 aliphatic heterocycles. The van der Waals surface area contributed by atoms with E-state index in [-0.39, 0.29) is 24.0 Å². The second-order valence-electron chi connectivity index (χ2n) is 7.58. The number of hydrogen-bond acceptors (Lipinski definition) is 5. The third-order valence-corrected chi connectivity index (χ3v) is 5.39. The van der Waals surface area contributed by atoms with Crippen molar-refractivity contribution in [2.45, 2.75) is 31.0 Å². The number of nitrogens with zero attached hydrogens (tertiary/aromatic N) is 4. The third kappa shape index (κ3) is 3.81. The van der Waals surface area contributed by atoms with Crippen LogP contribution in [0, 0.1) is 0 Å². The van der Waals surface area contributed by atoms with Gasteiger partial charge < -0.3 is 15.0 Å². The molecule has 0 saturated carbocycles. The normalized spacial score (nSPS) is 25.3. The van der Waals surface area contributed by atoms with Crippen molar-refractivity contribution in [2.75, 3.05) is 33.8 Å². The molecule has 8 nitrogen and oxygen atoms in total. The van der Waals surface area contributed by atoms with Gasteiger partial charge in [-0.15, -0.1) is 0 Å². The van der Waals surface area contributed by atoms with Crippen LogP contribution in [-0.4, -0.2) is 83.2 Å². The first-order valence-electron chi connectivity index (χ1n) is 9.29. The standard InChI is InChI=1S/C19H25N5O3/c1-22(2)18(25)9-17-11-23-10-14(8-16(23)12-27-17)21-19(26)13-4-6-24-15(7-13)3-5-20-24/h3-7,14,16-17H,8-12H2,1-2H3,(H,21,26)/t14-,16-,17-/m0/s1. The van der Waals surface area contributed by atoms with Crippen LogP contribution in [0.2, 0.25) is 0 Å². The van der Waals surface area contributed by atoms with Crippen molar-refractivity contribution in [2.24, 2.45) is 0 Å². The van der Waals surface area contributed by atoms with E-state index in [1.54, 1.807) is 42.0 Å². The summed E-state index contributed by atoms with van der Waals surface area (Å²) in [5.74, 6) is 0.0153. The number of fused-ring (bicyclic) bond motifs is 2. The van der Waals surface area contributed by atoms with Crippen LogP contribution < -0.4 is 5.32 Å². The zero-order valence-corrected chi connectivity index (χ0v) is 15.7. The van der Waals surface area contributed by atoms with Crippen molar-refractivity contribution in [1.82, 2.24) is 24.7 Å². The second-order valence-corrected chi connectivity index (χ2v) is 7.58. The van der Waals surface area contributed by atoms with E-state index in [0.717, 1.165) is 25.0 Å². The van der Waals surface area contributed by atoms with Gasteiger partial charge in [0.1, 0.15) is 0 Å². The van der Waals surface area contributed by atoms with Gasteiger partial charge in [-0.05, 0) is 24.6 Å². The fourth-order valence-electron chi connectivity index (χ4n) is 3.88. The van der Waals surface area contributed by atoms with Crippen LogP contribution in [0.15, 0.2) is 30.6 Å². The van der Waals surface area contributed by atoms with Gasteiger partial charge in [-0.25, -0.2) is 4.52 Å². The van der Waals surface area contributed by atoms with Gasteiger partial charge in [-0.1, -0.05) is 0 Å². The molecule has 1 N–H and O–H groups in total. The smallest absolute Gasteiger partial charge is 0.251 e. The van der Waals surface area contributed by atoms with Crippen molar-refractivity contribution in [3.05, 3.63) is 36.2 Å². The van der Waals surface area contributed by atoms with Gasteiger partial charge >= 0.3 is 0 Å². The third-order valence-electron chi connectivity index (χ3n) is 5.39. The largest absolute Gasteiger partial charge is 0.375 e. The lowest BCUT2D eigenvalue weighted by Gasteiger charge is -2.35. The van der Waals surface area contributed by atoms with Gasteiger partial charge in [-0.3, -0.25) is 14.5 Å². The number of amides is 2. The van der Waals surface area contributed by atoms with Crippen molar-refractivity contribution in [3.63, 3.8) is 0 Å². The number of morpholine rings is 1. The zero-order chi connectivity index (χ0) is 19.0. The number of pyridine rings is 1. The van der Waals surface area contributed by atoms with E-state index in [1.807, 2.05) is 12.1 Å². The minimum atomic E-state index is -0.0742. The number of aromatic nitrogens is 2. The quantitative estimate of drug-likeness (QED) is 0.841. The second kappa shape index (κ2) is 7.28. The molecule has 2 aromatic heterocycles. The molecule has 144 valence electrons. The first kappa shape index (κ1) is 17.9. The Labute approximate surface area is 158 Å². The molecular formula is C19H25N5O3. The predicted molar refractivity (Wildman–Crippen MR) is 99.5 cm³/mol. The summed E-state index contributed by atoms with van der Waals surface area (Å²) in [6.07, 6.45) is 4.70. The Balaban J connectivity index is 1.34. The van der Waals surface area contributed by atoms with Crippen molar-refractivity contribution >= 4 is 17.3 Å². The van der Waals surface area contributed by atoms with Gasteiger partial charge in [0, 0.05) is 57.2 Å². The zero-order valence-electron chi connectivity index (χ0n) is 15.7. The van der Waals surface area contributed by atoms with E-state index >= 15 is 0 Å². The molecule has 2 amide bonds. The molecule has 0 radical (unpaired) electrons. The van der Waals surface area contributed by atoms with Crippen LogP contribution in [0.1, 0.15) is 23.2 Å². The Bertz CT molecular complexity index is 849. The number of carbonyl (C=O) groups excluding carboxylic acids is 2.